The van der Waals surface area contributed by atoms with Crippen LogP contribution in [0.4, 0.5) is 8.78 Å². The summed E-state index contributed by atoms with van der Waals surface area (Å²) in [6.07, 6.45) is -2.70. The van der Waals surface area contributed by atoms with Crippen LogP contribution in [0.15, 0.2) is 102 Å². The van der Waals surface area contributed by atoms with E-state index in [-0.39, 0.29) is 5.88 Å². The van der Waals surface area contributed by atoms with Crippen molar-refractivity contribution in [2.45, 2.75) is 36.4 Å². The van der Waals surface area contributed by atoms with Gasteiger partial charge >= 0.3 is 11.6 Å². The molecule has 0 aliphatic carbocycles. The summed E-state index contributed by atoms with van der Waals surface area (Å²) in [7, 11) is 1.56. The minimum absolute atomic E-state index is 0.128. The number of methoxy groups -OCH3 is 1. The van der Waals surface area contributed by atoms with Crippen molar-refractivity contribution in [1.82, 2.24) is 9.55 Å². The van der Waals surface area contributed by atoms with E-state index < -0.39 is 41.8 Å². The van der Waals surface area contributed by atoms with E-state index in [1.807, 2.05) is 72.8 Å². The molecule has 10 heteroatoms. The molecule has 2 N–H and O–H groups in total. The lowest BCUT2D eigenvalue weighted by Gasteiger charge is -2.36. The molecule has 1 saturated heterocycles. The molecule has 3 atom stereocenters. The van der Waals surface area contributed by atoms with Crippen LogP contribution < -0.4 is 15.2 Å². The number of ether oxygens (including phenoxy) is 3. The van der Waals surface area contributed by atoms with Gasteiger partial charge in [-0.15, -0.1) is 0 Å². The van der Waals surface area contributed by atoms with Crippen LogP contribution in [-0.4, -0.2) is 51.1 Å². The highest BCUT2D eigenvalue weighted by molar-refractivity contribution is 5.49. The molecule has 5 rings (SSSR count). The van der Waals surface area contributed by atoms with Gasteiger partial charge < -0.3 is 24.4 Å². The number of halogens is 2. The molecule has 0 amide bonds. The minimum atomic E-state index is -3.89. The topological polar surface area (TPSA) is 103 Å². The zero-order chi connectivity index (χ0) is 28.5. The predicted octanol–water partition coefficient (Wildman–Crippen LogP) is 3.90. The van der Waals surface area contributed by atoms with E-state index >= 15 is 8.78 Å². The molecule has 208 valence electrons. The summed E-state index contributed by atoms with van der Waals surface area (Å²) in [6.45, 7) is -0.00619. The zero-order valence-corrected chi connectivity index (χ0v) is 21.8. The van der Waals surface area contributed by atoms with E-state index in [1.54, 1.807) is 19.2 Å². The Labute approximate surface area is 229 Å². The van der Waals surface area contributed by atoms with Crippen molar-refractivity contribution in [3.8, 4) is 11.6 Å². The molecule has 0 bridgehead atoms. The summed E-state index contributed by atoms with van der Waals surface area (Å²) < 4.78 is 47.8. The van der Waals surface area contributed by atoms with Crippen molar-refractivity contribution in [2.75, 3.05) is 13.7 Å². The highest BCUT2D eigenvalue weighted by Gasteiger charge is 2.67. The number of benzene rings is 3. The Morgan fingerprint density at radius 2 is 1.50 bits per heavy atom. The first-order valence-corrected chi connectivity index (χ1v) is 12.6. The first-order chi connectivity index (χ1) is 19.1. The third kappa shape index (κ3) is 4.43. The molecule has 0 spiro atoms. The summed E-state index contributed by atoms with van der Waals surface area (Å²) in [5, 5.41) is 19.8. The van der Waals surface area contributed by atoms with Crippen molar-refractivity contribution in [3.05, 3.63) is 124 Å². The zero-order valence-electron chi connectivity index (χ0n) is 21.8. The van der Waals surface area contributed by atoms with Crippen molar-refractivity contribution in [2.24, 2.45) is 0 Å². The lowest BCUT2D eigenvalue weighted by atomic mass is 9.80. The summed E-state index contributed by atoms with van der Waals surface area (Å²) in [5.74, 6) is -3.39. The lowest BCUT2D eigenvalue weighted by molar-refractivity contribution is -0.178. The van der Waals surface area contributed by atoms with E-state index in [2.05, 4.69) is 4.98 Å². The quantitative estimate of drug-likeness (QED) is 0.321. The van der Waals surface area contributed by atoms with E-state index in [0.717, 1.165) is 24.2 Å². The van der Waals surface area contributed by atoms with Crippen LogP contribution in [0, 0.1) is 0 Å². The third-order valence-corrected chi connectivity index (χ3v) is 7.24. The number of aliphatic hydroxyl groups is 2. The lowest BCUT2D eigenvalue weighted by Crippen LogP contribution is -2.51. The van der Waals surface area contributed by atoms with Gasteiger partial charge in [-0.25, -0.2) is 4.79 Å². The maximum absolute atomic E-state index is 15.1. The van der Waals surface area contributed by atoms with Crippen LogP contribution in [0.25, 0.3) is 0 Å². The Bertz CT molecular complexity index is 1470. The molecule has 0 saturated carbocycles. The average Bonchev–Trinajstić information content (AvgIpc) is 3.15. The molecule has 1 aromatic heterocycles. The summed E-state index contributed by atoms with van der Waals surface area (Å²) >= 11 is 0. The highest BCUT2D eigenvalue weighted by Crippen LogP contribution is 2.49. The standard InChI is InChI=1S/C30H28F2N2O6/c1-28(37)24(19-35)39-26(30(28,31)32)34-18-17-25(33-27(34)36)40-29(20-9-5-3-6-10-20,21-11-7-4-8-12-21)22-13-15-23(38-2)16-14-22/h3-18,24,26,35,37H,19H2,1-2H3/t24-,26-,28-/m1/s1. The number of aromatic nitrogens is 2. The molecule has 4 aromatic rings. The molecule has 3 aromatic carbocycles. The number of rotatable bonds is 8. The largest absolute Gasteiger partial charge is 0.497 e. The normalized spacial score (nSPS) is 22.1. The van der Waals surface area contributed by atoms with Gasteiger partial charge in [0.05, 0.1) is 13.7 Å². The SMILES string of the molecule is COc1ccc(C(Oc2ccn([C@@H]3O[C@H](CO)[C@@](C)(O)C3(F)F)c(=O)n2)(c2ccccc2)c2ccccc2)cc1. The summed E-state index contributed by atoms with van der Waals surface area (Å²) in [5.41, 5.74) is -2.93. The van der Waals surface area contributed by atoms with Crippen molar-refractivity contribution in [1.29, 1.82) is 0 Å². The van der Waals surface area contributed by atoms with Gasteiger partial charge in [0.1, 0.15) is 11.9 Å². The van der Waals surface area contributed by atoms with Crippen LogP contribution in [0.1, 0.15) is 29.8 Å². The van der Waals surface area contributed by atoms with Gasteiger partial charge in [-0.05, 0) is 19.1 Å². The van der Waals surface area contributed by atoms with Crippen LogP contribution in [0.3, 0.4) is 0 Å². The van der Waals surface area contributed by atoms with E-state index in [4.69, 9.17) is 14.2 Å². The Morgan fingerprint density at radius 3 is 1.98 bits per heavy atom. The predicted molar refractivity (Wildman–Crippen MR) is 141 cm³/mol. The van der Waals surface area contributed by atoms with Gasteiger partial charge in [0.25, 0.3) is 0 Å². The van der Waals surface area contributed by atoms with Crippen molar-refractivity contribution in [3.63, 3.8) is 0 Å². The molecule has 0 unspecified atom stereocenters. The van der Waals surface area contributed by atoms with E-state index in [9.17, 15) is 15.0 Å². The molecule has 0 radical (unpaired) electrons. The Hall–Kier alpha value is -4.12. The number of hydrogen-bond acceptors (Lipinski definition) is 7. The molecule has 40 heavy (non-hydrogen) atoms. The van der Waals surface area contributed by atoms with E-state index in [1.165, 1.54) is 6.07 Å². The average molecular weight is 551 g/mol. The van der Waals surface area contributed by atoms with Gasteiger partial charge in [0, 0.05) is 29.0 Å². The fraction of sp³-hybridized carbons (Fsp3) is 0.267. The van der Waals surface area contributed by atoms with Crippen molar-refractivity contribution >= 4 is 0 Å². The fourth-order valence-electron chi connectivity index (χ4n) is 4.94. The molecule has 1 aliphatic heterocycles. The van der Waals surface area contributed by atoms with Gasteiger partial charge in [-0.3, -0.25) is 4.57 Å². The highest BCUT2D eigenvalue weighted by atomic mass is 19.3. The minimum Gasteiger partial charge on any atom is -0.497 e. The number of aliphatic hydroxyl groups excluding tert-OH is 1. The first kappa shape index (κ1) is 27.4. The third-order valence-electron chi connectivity index (χ3n) is 7.24. The smallest absolute Gasteiger partial charge is 0.353 e. The van der Waals surface area contributed by atoms with Crippen LogP contribution >= 0.6 is 0 Å². The summed E-state index contributed by atoms with van der Waals surface area (Å²) in [6, 6.07) is 27.2. The molecule has 1 aliphatic rings. The molecular formula is C30H28F2N2O6. The fourth-order valence-corrected chi connectivity index (χ4v) is 4.94. The molecule has 2 heterocycles. The Kier molecular flexibility index (Phi) is 7.17. The summed E-state index contributed by atoms with van der Waals surface area (Å²) in [4.78, 5) is 17.1. The second-order valence-corrected chi connectivity index (χ2v) is 9.63. The Balaban J connectivity index is 1.63. The van der Waals surface area contributed by atoms with Gasteiger partial charge in [-0.1, -0.05) is 72.8 Å². The molecule has 1 fully saturated rings. The monoisotopic (exact) mass is 550 g/mol. The number of hydrogen-bond donors (Lipinski definition) is 2. The van der Waals surface area contributed by atoms with Crippen LogP contribution in [0.5, 0.6) is 11.6 Å². The second-order valence-electron chi connectivity index (χ2n) is 9.63. The van der Waals surface area contributed by atoms with Crippen LogP contribution in [0.2, 0.25) is 0 Å². The van der Waals surface area contributed by atoms with Gasteiger partial charge in [0.2, 0.25) is 12.1 Å². The maximum atomic E-state index is 15.1. The maximum Gasteiger partial charge on any atom is 0.353 e. The number of nitrogens with zero attached hydrogens (tertiary/aromatic N) is 2. The van der Waals surface area contributed by atoms with Gasteiger partial charge in [0.15, 0.2) is 11.2 Å². The Morgan fingerprint density at radius 1 is 0.950 bits per heavy atom. The van der Waals surface area contributed by atoms with Crippen LogP contribution in [-0.2, 0) is 10.3 Å². The number of alkyl halides is 2. The molecular weight excluding hydrogens is 522 g/mol. The van der Waals surface area contributed by atoms with Gasteiger partial charge in [-0.2, -0.15) is 13.8 Å². The second kappa shape index (κ2) is 10.5. The molecule has 8 nitrogen and oxygen atoms in total. The van der Waals surface area contributed by atoms with Crippen molar-refractivity contribution < 1.29 is 33.2 Å². The first-order valence-electron chi connectivity index (χ1n) is 12.6. The van der Waals surface area contributed by atoms with E-state index in [0.29, 0.717) is 15.9 Å².